The van der Waals surface area contributed by atoms with Gasteiger partial charge in [0.05, 0.1) is 13.1 Å². The molecule has 0 aliphatic carbocycles. The van der Waals surface area contributed by atoms with Crippen LogP contribution in [0.3, 0.4) is 0 Å². The first-order valence-corrected chi connectivity index (χ1v) is 8.82. The molecule has 1 aliphatic rings. The number of unbranched alkanes of at least 4 members (excludes halogenated alkanes) is 1. The number of nitrogens with one attached hydrogen (secondary N) is 1. The Morgan fingerprint density at radius 1 is 0.966 bits per heavy atom. The van der Waals surface area contributed by atoms with Crippen molar-refractivity contribution in [2.45, 2.75) is 31.7 Å². The van der Waals surface area contributed by atoms with Crippen molar-refractivity contribution in [3.05, 3.63) is 12.2 Å². The van der Waals surface area contributed by atoms with Crippen molar-refractivity contribution in [1.29, 1.82) is 0 Å². The van der Waals surface area contributed by atoms with E-state index >= 15 is 0 Å². The molecule has 0 aromatic rings. The number of carbonyl (C=O) groups excluding carboxylic acids is 3. The Morgan fingerprint density at radius 3 is 2.00 bits per heavy atom. The Labute approximate surface area is 165 Å². The maximum atomic E-state index is 11.8. The van der Waals surface area contributed by atoms with Crippen LogP contribution in [0.1, 0.15) is 25.7 Å². The first-order chi connectivity index (χ1) is 13.6. The number of hydrogen-bond acceptors (Lipinski definition) is 7. The Hall–Kier alpha value is -3.28. The van der Waals surface area contributed by atoms with E-state index in [1.165, 1.54) is 0 Å². The number of carbonyl (C=O) groups is 6. The molecule has 1 unspecified atom stereocenters. The van der Waals surface area contributed by atoms with Crippen molar-refractivity contribution in [2.75, 3.05) is 26.2 Å². The molecule has 160 valence electrons. The Balaban J connectivity index is 2.35. The summed E-state index contributed by atoms with van der Waals surface area (Å²) in [5.74, 6) is -5.34. The number of aliphatic carboxylic acids is 3. The molecule has 0 fully saturated rings. The first kappa shape index (κ1) is 23.8. The highest BCUT2D eigenvalue weighted by Crippen LogP contribution is 2.10. The Bertz CT molecular complexity index is 670. The third kappa shape index (κ3) is 8.51. The molecule has 0 aromatic carbocycles. The molecule has 0 radical (unpaired) electrons. The zero-order valence-electron chi connectivity index (χ0n) is 15.6. The summed E-state index contributed by atoms with van der Waals surface area (Å²) in [6.45, 7) is -1.27. The molecule has 3 amide bonds. The predicted octanol–water partition coefficient (Wildman–Crippen LogP) is -1.49. The predicted molar refractivity (Wildman–Crippen MR) is 95.6 cm³/mol. The van der Waals surface area contributed by atoms with Crippen molar-refractivity contribution in [1.82, 2.24) is 15.1 Å². The van der Waals surface area contributed by atoms with E-state index in [1.807, 2.05) is 0 Å². The van der Waals surface area contributed by atoms with Gasteiger partial charge in [0.1, 0.15) is 6.04 Å². The van der Waals surface area contributed by atoms with E-state index in [9.17, 15) is 33.9 Å². The average Bonchev–Trinajstić information content (AvgIpc) is 2.92. The number of imide groups is 1. The molecule has 12 nitrogen and oxygen atoms in total. The fourth-order valence-electron chi connectivity index (χ4n) is 2.73. The molecular formula is C17H23N3O9. The summed E-state index contributed by atoms with van der Waals surface area (Å²) >= 11 is 0. The Morgan fingerprint density at radius 2 is 1.52 bits per heavy atom. The number of carboxylic acids is 3. The lowest BCUT2D eigenvalue weighted by atomic mass is 10.1. The molecule has 0 aromatic heterocycles. The second-order valence-corrected chi connectivity index (χ2v) is 6.30. The molecule has 0 spiro atoms. The van der Waals surface area contributed by atoms with Crippen molar-refractivity contribution in [2.24, 2.45) is 0 Å². The summed E-state index contributed by atoms with van der Waals surface area (Å²) in [5, 5.41) is 29.5. The standard InChI is InChI=1S/C17H23N3O9/c21-12(6-8-20-13(22)4-5-14(20)23)18-7-2-1-3-11(17(28)29)19(9-15(24)25)10-16(26)27/h4-5,11H,1-3,6-10H2,(H,18,21)(H,24,25)(H,26,27)(H,28,29). The van der Waals surface area contributed by atoms with Crippen molar-refractivity contribution in [3.63, 3.8) is 0 Å². The maximum absolute atomic E-state index is 11.8. The average molecular weight is 413 g/mol. The summed E-state index contributed by atoms with van der Waals surface area (Å²) in [5.41, 5.74) is 0. The van der Waals surface area contributed by atoms with Crippen LogP contribution in [0.25, 0.3) is 0 Å². The van der Waals surface area contributed by atoms with Gasteiger partial charge in [0, 0.05) is 31.7 Å². The number of amides is 3. The summed E-state index contributed by atoms with van der Waals surface area (Å²) in [4.78, 5) is 69.3. The van der Waals surface area contributed by atoms with E-state index in [2.05, 4.69) is 5.32 Å². The smallest absolute Gasteiger partial charge is 0.320 e. The molecule has 0 bridgehead atoms. The van der Waals surface area contributed by atoms with Gasteiger partial charge in [0.15, 0.2) is 0 Å². The van der Waals surface area contributed by atoms with E-state index in [1.54, 1.807) is 0 Å². The largest absolute Gasteiger partial charge is 0.480 e. The first-order valence-electron chi connectivity index (χ1n) is 8.82. The van der Waals surface area contributed by atoms with Crippen LogP contribution in [0.15, 0.2) is 12.2 Å². The van der Waals surface area contributed by atoms with Crippen LogP contribution in [0, 0.1) is 0 Å². The molecule has 12 heteroatoms. The molecule has 1 aliphatic heterocycles. The minimum absolute atomic E-state index is 0.00815. The summed E-state index contributed by atoms with van der Waals surface area (Å²) in [6, 6.07) is -1.28. The monoisotopic (exact) mass is 413 g/mol. The zero-order valence-corrected chi connectivity index (χ0v) is 15.6. The van der Waals surface area contributed by atoms with Crippen molar-refractivity contribution < 1.29 is 44.1 Å². The fourth-order valence-corrected chi connectivity index (χ4v) is 2.73. The quantitative estimate of drug-likeness (QED) is 0.193. The lowest BCUT2D eigenvalue weighted by molar-refractivity contribution is -0.150. The van der Waals surface area contributed by atoms with Crippen LogP contribution in [0.4, 0.5) is 0 Å². The van der Waals surface area contributed by atoms with Gasteiger partial charge in [0.2, 0.25) is 5.91 Å². The molecule has 29 heavy (non-hydrogen) atoms. The topological polar surface area (TPSA) is 182 Å². The number of hydrogen-bond donors (Lipinski definition) is 4. The summed E-state index contributed by atoms with van der Waals surface area (Å²) in [7, 11) is 0. The van der Waals surface area contributed by atoms with Gasteiger partial charge in [-0.1, -0.05) is 0 Å². The highest BCUT2D eigenvalue weighted by molar-refractivity contribution is 6.13. The molecular weight excluding hydrogens is 390 g/mol. The van der Waals surface area contributed by atoms with Crippen LogP contribution < -0.4 is 5.32 Å². The van der Waals surface area contributed by atoms with Gasteiger partial charge < -0.3 is 20.6 Å². The zero-order chi connectivity index (χ0) is 22.0. The van der Waals surface area contributed by atoms with E-state index in [-0.39, 0.29) is 31.8 Å². The molecule has 1 rings (SSSR count). The van der Waals surface area contributed by atoms with E-state index in [4.69, 9.17) is 10.2 Å². The number of nitrogens with zero attached hydrogens (tertiary/aromatic N) is 2. The van der Waals surface area contributed by atoms with E-state index in [0.29, 0.717) is 12.8 Å². The number of carboxylic acid groups (broad SMARTS) is 3. The second kappa shape index (κ2) is 11.5. The Kier molecular flexibility index (Phi) is 9.45. The SMILES string of the molecule is O=C(O)CN(CC(=O)O)C(CCCCNC(=O)CCN1C(=O)C=CC1=O)C(=O)O. The molecule has 4 N–H and O–H groups in total. The number of rotatable bonds is 14. The summed E-state index contributed by atoms with van der Waals surface area (Å²) < 4.78 is 0. The normalized spacial score (nSPS) is 14.3. The molecule has 0 saturated heterocycles. The van der Waals surface area contributed by atoms with E-state index < -0.39 is 48.9 Å². The van der Waals surface area contributed by atoms with Crippen LogP contribution in [0.5, 0.6) is 0 Å². The van der Waals surface area contributed by atoms with Gasteiger partial charge in [0.25, 0.3) is 11.8 Å². The third-order valence-corrected chi connectivity index (χ3v) is 4.09. The van der Waals surface area contributed by atoms with Gasteiger partial charge in [-0.2, -0.15) is 0 Å². The summed E-state index contributed by atoms with van der Waals surface area (Å²) in [6.07, 6.45) is 2.87. The lowest BCUT2D eigenvalue weighted by Crippen LogP contribution is -2.46. The van der Waals surface area contributed by atoms with Gasteiger partial charge in [-0.05, 0) is 19.3 Å². The van der Waals surface area contributed by atoms with Crippen LogP contribution in [0.2, 0.25) is 0 Å². The van der Waals surface area contributed by atoms with E-state index in [0.717, 1.165) is 22.0 Å². The van der Waals surface area contributed by atoms with Crippen LogP contribution >= 0.6 is 0 Å². The van der Waals surface area contributed by atoms with Crippen molar-refractivity contribution >= 4 is 35.6 Å². The lowest BCUT2D eigenvalue weighted by Gasteiger charge is -2.25. The maximum Gasteiger partial charge on any atom is 0.320 e. The van der Waals surface area contributed by atoms with Gasteiger partial charge >= 0.3 is 17.9 Å². The highest BCUT2D eigenvalue weighted by atomic mass is 16.4. The third-order valence-electron chi connectivity index (χ3n) is 4.09. The van der Waals surface area contributed by atoms with Crippen molar-refractivity contribution in [3.8, 4) is 0 Å². The molecule has 1 atom stereocenters. The van der Waals surface area contributed by atoms with Crippen LogP contribution in [-0.4, -0.2) is 93.0 Å². The van der Waals surface area contributed by atoms with Gasteiger partial charge in [-0.25, -0.2) is 0 Å². The van der Waals surface area contributed by atoms with Crippen LogP contribution in [-0.2, 0) is 28.8 Å². The minimum atomic E-state index is -1.34. The van der Waals surface area contributed by atoms with Gasteiger partial charge in [-0.3, -0.25) is 38.6 Å². The minimum Gasteiger partial charge on any atom is -0.480 e. The second-order valence-electron chi connectivity index (χ2n) is 6.30. The molecule has 0 saturated carbocycles. The van der Waals surface area contributed by atoms with Gasteiger partial charge in [-0.15, -0.1) is 0 Å². The fraction of sp³-hybridized carbons (Fsp3) is 0.529. The highest BCUT2D eigenvalue weighted by Gasteiger charge is 2.28. The molecule has 1 heterocycles.